The van der Waals surface area contributed by atoms with Crippen LogP contribution in [0.25, 0.3) is 0 Å². The van der Waals surface area contributed by atoms with Gasteiger partial charge in [-0.15, -0.1) is 0 Å². The number of hydrogen-bond donors (Lipinski definition) is 2. The minimum atomic E-state index is -0.366. The monoisotopic (exact) mass is 279 g/mol. The Morgan fingerprint density at radius 3 is 2.55 bits per heavy atom. The number of rotatable bonds is 9. The molecule has 0 aliphatic heterocycles. The molecule has 0 aromatic carbocycles. The summed E-state index contributed by atoms with van der Waals surface area (Å²) in [6, 6.07) is 0.422. The van der Waals surface area contributed by atoms with Crippen molar-refractivity contribution in [2.75, 3.05) is 18.0 Å². The minimum absolute atomic E-state index is 0.156. The summed E-state index contributed by atoms with van der Waals surface area (Å²) in [4.78, 5) is 21.6. The Bertz CT molecular complexity index is 405. The lowest BCUT2D eigenvalue weighted by Gasteiger charge is -2.20. The number of hydrogen-bond acceptors (Lipinski definition) is 5. The molecular weight excluding hydrogens is 254 g/mol. The molecule has 0 aliphatic rings. The zero-order valence-electron chi connectivity index (χ0n) is 12.6. The maximum Gasteiger partial charge on any atom is 0.237 e. The van der Waals surface area contributed by atoms with Gasteiger partial charge in [0.1, 0.15) is 0 Å². The van der Waals surface area contributed by atoms with E-state index in [1.165, 1.54) is 0 Å². The average molecular weight is 279 g/mol. The van der Waals surface area contributed by atoms with Crippen LogP contribution in [0.5, 0.6) is 0 Å². The van der Waals surface area contributed by atoms with E-state index in [9.17, 15) is 4.79 Å². The van der Waals surface area contributed by atoms with E-state index in [4.69, 9.17) is 5.73 Å². The Balaban J connectivity index is 2.68. The summed E-state index contributed by atoms with van der Waals surface area (Å²) in [7, 11) is 0. The minimum Gasteiger partial charge on any atom is -0.368 e. The van der Waals surface area contributed by atoms with Crippen LogP contribution in [-0.2, 0) is 11.3 Å². The van der Waals surface area contributed by atoms with Crippen molar-refractivity contribution < 1.29 is 4.79 Å². The zero-order chi connectivity index (χ0) is 15.0. The highest BCUT2D eigenvalue weighted by molar-refractivity contribution is 5.78. The third kappa shape index (κ3) is 5.97. The first-order valence-corrected chi connectivity index (χ1v) is 7.10. The summed E-state index contributed by atoms with van der Waals surface area (Å²) in [6.45, 7) is 7.92. The Labute approximate surface area is 120 Å². The Kier molecular flexibility index (Phi) is 6.93. The van der Waals surface area contributed by atoms with E-state index in [2.05, 4.69) is 36.1 Å². The van der Waals surface area contributed by atoms with E-state index >= 15 is 0 Å². The van der Waals surface area contributed by atoms with Gasteiger partial charge in [0.05, 0.1) is 6.54 Å². The molecule has 1 aromatic rings. The number of primary amides is 1. The van der Waals surface area contributed by atoms with Gasteiger partial charge in [0.2, 0.25) is 11.9 Å². The molecule has 0 radical (unpaired) electrons. The van der Waals surface area contributed by atoms with Crippen LogP contribution in [0, 0.1) is 0 Å². The SMILES string of the molecule is CCCCN(CC(N)=O)c1ncc(CNC(C)C)cn1. The fourth-order valence-electron chi connectivity index (χ4n) is 1.71. The number of unbranched alkanes of at least 4 members (excludes halogenated alkanes) is 1. The smallest absolute Gasteiger partial charge is 0.237 e. The van der Waals surface area contributed by atoms with Gasteiger partial charge in [0.25, 0.3) is 0 Å². The fraction of sp³-hybridized carbons (Fsp3) is 0.643. The predicted molar refractivity (Wildman–Crippen MR) is 80.3 cm³/mol. The van der Waals surface area contributed by atoms with Gasteiger partial charge in [0.15, 0.2) is 0 Å². The lowest BCUT2D eigenvalue weighted by molar-refractivity contribution is -0.116. The molecule has 0 spiro atoms. The molecule has 6 nitrogen and oxygen atoms in total. The number of nitrogens with two attached hydrogens (primary N) is 1. The summed E-state index contributed by atoms with van der Waals surface area (Å²) in [5.74, 6) is 0.195. The van der Waals surface area contributed by atoms with Crippen molar-refractivity contribution >= 4 is 11.9 Å². The van der Waals surface area contributed by atoms with Crippen LogP contribution in [0.3, 0.4) is 0 Å². The Morgan fingerprint density at radius 1 is 1.40 bits per heavy atom. The summed E-state index contributed by atoms with van der Waals surface area (Å²) >= 11 is 0. The first-order valence-electron chi connectivity index (χ1n) is 7.10. The van der Waals surface area contributed by atoms with Gasteiger partial charge < -0.3 is 16.0 Å². The fourth-order valence-corrected chi connectivity index (χ4v) is 1.71. The van der Waals surface area contributed by atoms with E-state index < -0.39 is 0 Å². The van der Waals surface area contributed by atoms with E-state index in [0.29, 0.717) is 12.0 Å². The third-order valence-electron chi connectivity index (χ3n) is 2.82. The van der Waals surface area contributed by atoms with Gasteiger partial charge in [-0.05, 0) is 6.42 Å². The number of anilines is 1. The highest BCUT2D eigenvalue weighted by atomic mass is 16.1. The molecule has 20 heavy (non-hydrogen) atoms. The van der Waals surface area contributed by atoms with Crippen LogP contribution in [0.2, 0.25) is 0 Å². The number of amides is 1. The largest absolute Gasteiger partial charge is 0.368 e. The average Bonchev–Trinajstić information content (AvgIpc) is 2.41. The summed E-state index contributed by atoms with van der Waals surface area (Å²) in [6.07, 6.45) is 5.61. The van der Waals surface area contributed by atoms with Crippen molar-refractivity contribution in [1.82, 2.24) is 15.3 Å². The standard InChI is InChI=1S/C14H25N5O/c1-4-5-6-19(10-13(15)20)14-17-8-12(9-18-14)7-16-11(2)3/h8-9,11,16H,4-7,10H2,1-3H3,(H2,15,20). The molecule has 3 N–H and O–H groups in total. The summed E-state index contributed by atoms with van der Waals surface area (Å²) in [5.41, 5.74) is 6.29. The van der Waals surface area contributed by atoms with Crippen molar-refractivity contribution in [3.05, 3.63) is 18.0 Å². The molecule has 0 fully saturated rings. The molecule has 112 valence electrons. The molecule has 0 bridgehead atoms. The second-order valence-electron chi connectivity index (χ2n) is 5.17. The van der Waals surface area contributed by atoms with Gasteiger partial charge in [0, 0.05) is 37.1 Å². The van der Waals surface area contributed by atoms with Crippen molar-refractivity contribution in [2.45, 2.75) is 46.2 Å². The van der Waals surface area contributed by atoms with E-state index in [1.54, 1.807) is 12.4 Å². The molecule has 0 aliphatic carbocycles. The number of carbonyl (C=O) groups is 1. The van der Waals surface area contributed by atoms with Crippen LogP contribution in [-0.4, -0.2) is 35.0 Å². The van der Waals surface area contributed by atoms with Crippen molar-refractivity contribution in [1.29, 1.82) is 0 Å². The molecule has 1 heterocycles. The second-order valence-corrected chi connectivity index (χ2v) is 5.17. The quantitative estimate of drug-likeness (QED) is 0.706. The predicted octanol–water partition coefficient (Wildman–Crippen LogP) is 1.07. The number of nitrogens with zero attached hydrogens (tertiary/aromatic N) is 3. The Hall–Kier alpha value is -1.69. The first-order chi connectivity index (χ1) is 9.52. The highest BCUT2D eigenvalue weighted by Gasteiger charge is 2.11. The topological polar surface area (TPSA) is 84.1 Å². The summed E-state index contributed by atoms with van der Waals surface area (Å²) in [5, 5.41) is 3.31. The molecule has 0 saturated carbocycles. The van der Waals surface area contributed by atoms with Gasteiger partial charge in [-0.3, -0.25) is 4.79 Å². The lowest BCUT2D eigenvalue weighted by atomic mass is 10.3. The Morgan fingerprint density at radius 2 is 2.05 bits per heavy atom. The normalized spacial score (nSPS) is 10.8. The number of aromatic nitrogens is 2. The zero-order valence-corrected chi connectivity index (χ0v) is 12.6. The molecule has 6 heteroatoms. The molecule has 0 unspecified atom stereocenters. The van der Waals surface area contributed by atoms with Crippen LogP contribution in [0.1, 0.15) is 39.2 Å². The first kappa shape index (κ1) is 16.4. The third-order valence-corrected chi connectivity index (χ3v) is 2.82. The molecule has 1 aromatic heterocycles. The molecular formula is C14H25N5O. The highest BCUT2D eigenvalue weighted by Crippen LogP contribution is 2.08. The molecule has 0 saturated heterocycles. The van der Waals surface area contributed by atoms with E-state index in [-0.39, 0.29) is 12.5 Å². The molecule has 1 rings (SSSR count). The van der Waals surface area contributed by atoms with Crippen LogP contribution in [0.15, 0.2) is 12.4 Å². The summed E-state index contributed by atoms with van der Waals surface area (Å²) < 4.78 is 0. The maximum absolute atomic E-state index is 11.1. The number of carbonyl (C=O) groups excluding carboxylic acids is 1. The van der Waals surface area contributed by atoms with Crippen molar-refractivity contribution in [3.8, 4) is 0 Å². The van der Waals surface area contributed by atoms with Crippen LogP contribution >= 0.6 is 0 Å². The lowest BCUT2D eigenvalue weighted by Crippen LogP contribution is -2.35. The molecule has 1 amide bonds. The van der Waals surface area contributed by atoms with Gasteiger partial charge in [-0.2, -0.15) is 0 Å². The van der Waals surface area contributed by atoms with E-state index in [1.807, 2.05) is 4.90 Å². The second kappa shape index (κ2) is 8.47. The number of nitrogens with one attached hydrogen (secondary N) is 1. The maximum atomic E-state index is 11.1. The van der Waals surface area contributed by atoms with Gasteiger partial charge >= 0.3 is 0 Å². The van der Waals surface area contributed by atoms with Crippen LogP contribution in [0.4, 0.5) is 5.95 Å². The van der Waals surface area contributed by atoms with E-state index in [0.717, 1.165) is 31.5 Å². The van der Waals surface area contributed by atoms with Crippen LogP contribution < -0.4 is 16.0 Å². The van der Waals surface area contributed by atoms with Crippen molar-refractivity contribution in [2.24, 2.45) is 5.73 Å². The van der Waals surface area contributed by atoms with Crippen molar-refractivity contribution in [3.63, 3.8) is 0 Å². The molecule has 0 atom stereocenters. The van der Waals surface area contributed by atoms with Gasteiger partial charge in [-0.1, -0.05) is 27.2 Å². The van der Waals surface area contributed by atoms with Gasteiger partial charge in [-0.25, -0.2) is 9.97 Å².